The Bertz CT molecular complexity index is 271. The Labute approximate surface area is 163 Å². The smallest absolute Gasteiger partial charge is 0.427 e. The molecule has 0 fully saturated rings. The predicted molar refractivity (Wildman–Crippen MR) is 113 cm³/mol. The molecule has 0 saturated heterocycles. The minimum Gasteiger partial charge on any atom is -0.427 e. The van der Waals surface area contributed by atoms with Crippen LogP contribution in [0.5, 0.6) is 0 Å². The molecule has 154 valence electrons. The Hall–Kier alpha value is -0.0301. The Balaban J connectivity index is 3.18. The molecule has 0 aliphatic rings. The highest BCUT2D eigenvalue weighted by atomic mass is 16.4. The van der Waals surface area contributed by atoms with E-state index in [4.69, 9.17) is 20.1 Å². The van der Waals surface area contributed by atoms with E-state index in [0.29, 0.717) is 6.42 Å². The second-order valence-electron chi connectivity index (χ2n) is 7.94. The van der Waals surface area contributed by atoms with Crippen LogP contribution in [0.4, 0.5) is 0 Å². The summed E-state index contributed by atoms with van der Waals surface area (Å²) < 4.78 is 0. The first-order valence-electron chi connectivity index (χ1n) is 11.3. The van der Waals surface area contributed by atoms with E-state index in [1.807, 2.05) is 0 Å². The van der Waals surface area contributed by atoms with E-state index in [1.165, 1.54) is 89.9 Å². The first-order chi connectivity index (χ1) is 12.6. The standard InChI is InChI=1S/C20H44B2O4/c1-2-3-4-5-6-7-8-9-10-11-12-13-14-15-16-17-18-19-20(21(23)24)22(25)26/h20,23-26H,2-19H2,1H3. The summed E-state index contributed by atoms with van der Waals surface area (Å²) in [5.74, 6) is 0. The fraction of sp³-hybridized carbons (Fsp3) is 1.00. The molecule has 0 aromatic heterocycles. The molecule has 26 heavy (non-hydrogen) atoms. The largest absolute Gasteiger partial charge is 0.452 e. The van der Waals surface area contributed by atoms with E-state index in [-0.39, 0.29) is 0 Å². The third kappa shape index (κ3) is 17.4. The van der Waals surface area contributed by atoms with Gasteiger partial charge in [-0.3, -0.25) is 0 Å². The zero-order chi connectivity index (χ0) is 19.5. The van der Waals surface area contributed by atoms with Crippen molar-refractivity contribution in [3.63, 3.8) is 0 Å². The maximum Gasteiger partial charge on any atom is 0.452 e. The SMILES string of the molecule is CCCCCCCCCCCCCCCCCCCC(B(O)O)B(O)O. The van der Waals surface area contributed by atoms with Crippen molar-refractivity contribution in [2.45, 2.75) is 128 Å². The van der Waals surface area contributed by atoms with Gasteiger partial charge in [-0.15, -0.1) is 0 Å². The van der Waals surface area contributed by atoms with Gasteiger partial charge in [0.2, 0.25) is 0 Å². The molecule has 0 aliphatic carbocycles. The molecule has 0 atom stereocenters. The molecular weight excluding hydrogens is 326 g/mol. The van der Waals surface area contributed by atoms with Crippen LogP contribution in [0.2, 0.25) is 5.72 Å². The van der Waals surface area contributed by atoms with Crippen LogP contribution in [-0.2, 0) is 0 Å². The van der Waals surface area contributed by atoms with Gasteiger partial charge in [0.25, 0.3) is 0 Å². The summed E-state index contributed by atoms with van der Waals surface area (Å²) >= 11 is 0. The topological polar surface area (TPSA) is 80.9 Å². The fourth-order valence-corrected chi connectivity index (χ4v) is 3.56. The van der Waals surface area contributed by atoms with Gasteiger partial charge in [0.15, 0.2) is 0 Å². The van der Waals surface area contributed by atoms with Crippen molar-refractivity contribution in [2.75, 3.05) is 0 Å². The zero-order valence-electron chi connectivity index (χ0n) is 17.2. The molecule has 0 aromatic carbocycles. The van der Waals surface area contributed by atoms with Gasteiger partial charge in [0.1, 0.15) is 0 Å². The van der Waals surface area contributed by atoms with E-state index in [2.05, 4.69) is 6.92 Å². The molecule has 4 N–H and O–H groups in total. The normalized spacial score (nSPS) is 11.3. The average Bonchev–Trinajstić information content (AvgIpc) is 2.60. The Morgan fingerprint density at radius 1 is 0.462 bits per heavy atom. The summed E-state index contributed by atoms with van der Waals surface area (Å²) in [6, 6.07) is 0. The summed E-state index contributed by atoms with van der Waals surface area (Å²) in [7, 11) is -3.29. The minimum absolute atomic E-state index is 0.452. The van der Waals surface area contributed by atoms with Gasteiger partial charge in [-0.25, -0.2) is 0 Å². The van der Waals surface area contributed by atoms with Crippen LogP contribution < -0.4 is 0 Å². The summed E-state index contributed by atoms with van der Waals surface area (Å²) in [6.45, 7) is 2.27. The highest BCUT2D eigenvalue weighted by molar-refractivity contribution is 6.64. The van der Waals surface area contributed by atoms with Crippen molar-refractivity contribution >= 4 is 14.2 Å². The summed E-state index contributed by atoms with van der Waals surface area (Å²) in [5.41, 5.74) is -0.841. The Morgan fingerprint density at radius 3 is 1.00 bits per heavy atom. The molecule has 0 radical (unpaired) electrons. The van der Waals surface area contributed by atoms with Crippen LogP contribution in [-0.4, -0.2) is 34.3 Å². The van der Waals surface area contributed by atoms with Crippen LogP contribution >= 0.6 is 0 Å². The molecule has 0 aliphatic heterocycles. The monoisotopic (exact) mass is 370 g/mol. The maximum atomic E-state index is 9.05. The van der Waals surface area contributed by atoms with Crippen molar-refractivity contribution < 1.29 is 20.1 Å². The van der Waals surface area contributed by atoms with Crippen molar-refractivity contribution in [1.29, 1.82) is 0 Å². The molecule has 0 bridgehead atoms. The third-order valence-corrected chi connectivity index (χ3v) is 5.41. The lowest BCUT2D eigenvalue weighted by Crippen LogP contribution is -2.33. The molecular formula is C20H44B2O4. The van der Waals surface area contributed by atoms with Gasteiger partial charge in [0.05, 0.1) is 0 Å². The van der Waals surface area contributed by atoms with Gasteiger partial charge >= 0.3 is 14.2 Å². The molecule has 0 aromatic rings. The molecule has 0 rings (SSSR count). The van der Waals surface area contributed by atoms with Gasteiger partial charge in [-0.1, -0.05) is 122 Å². The van der Waals surface area contributed by atoms with Crippen LogP contribution in [0.15, 0.2) is 0 Å². The first kappa shape index (κ1) is 26.0. The summed E-state index contributed by atoms with van der Waals surface area (Å²) in [4.78, 5) is 0. The van der Waals surface area contributed by atoms with Crippen LogP contribution in [0.1, 0.15) is 122 Å². The molecule has 4 nitrogen and oxygen atoms in total. The highest BCUT2D eigenvalue weighted by Gasteiger charge is 2.33. The molecule has 0 saturated carbocycles. The molecule has 0 unspecified atom stereocenters. The minimum atomic E-state index is -1.64. The molecule has 0 spiro atoms. The Morgan fingerprint density at radius 2 is 0.731 bits per heavy atom. The predicted octanol–water partition coefficient (Wildman–Crippen LogP) is 4.88. The molecule has 0 heterocycles. The lowest BCUT2D eigenvalue weighted by molar-refractivity contribution is 0.351. The van der Waals surface area contributed by atoms with Crippen LogP contribution in [0.3, 0.4) is 0 Å². The second-order valence-corrected chi connectivity index (χ2v) is 7.94. The van der Waals surface area contributed by atoms with E-state index in [1.54, 1.807) is 0 Å². The van der Waals surface area contributed by atoms with Crippen molar-refractivity contribution in [3.8, 4) is 0 Å². The summed E-state index contributed by atoms with van der Waals surface area (Å²) in [6.07, 6.45) is 22.6. The fourth-order valence-electron chi connectivity index (χ4n) is 3.56. The average molecular weight is 370 g/mol. The van der Waals surface area contributed by atoms with Gasteiger partial charge < -0.3 is 20.1 Å². The lowest BCUT2D eigenvalue weighted by atomic mass is 9.51. The highest BCUT2D eigenvalue weighted by Crippen LogP contribution is 2.19. The van der Waals surface area contributed by atoms with Crippen molar-refractivity contribution in [1.82, 2.24) is 0 Å². The van der Waals surface area contributed by atoms with Gasteiger partial charge in [-0.2, -0.15) is 0 Å². The van der Waals surface area contributed by atoms with E-state index in [9.17, 15) is 0 Å². The first-order valence-corrected chi connectivity index (χ1v) is 11.3. The maximum absolute atomic E-state index is 9.05. The summed E-state index contributed by atoms with van der Waals surface area (Å²) in [5, 5.41) is 36.2. The van der Waals surface area contributed by atoms with Gasteiger partial charge in [-0.05, 0) is 0 Å². The number of hydrogen-bond acceptors (Lipinski definition) is 4. The van der Waals surface area contributed by atoms with Crippen LogP contribution in [0, 0.1) is 0 Å². The van der Waals surface area contributed by atoms with Crippen molar-refractivity contribution in [2.24, 2.45) is 0 Å². The number of rotatable bonds is 20. The van der Waals surface area contributed by atoms with E-state index < -0.39 is 20.0 Å². The quantitative estimate of drug-likeness (QED) is 0.182. The molecule has 0 amide bonds. The van der Waals surface area contributed by atoms with E-state index >= 15 is 0 Å². The number of unbranched alkanes of at least 4 members (excludes halogenated alkanes) is 16. The molecule has 6 heteroatoms. The number of hydrogen-bond donors (Lipinski definition) is 4. The zero-order valence-corrected chi connectivity index (χ0v) is 17.2. The van der Waals surface area contributed by atoms with Gasteiger partial charge in [0, 0.05) is 5.72 Å². The van der Waals surface area contributed by atoms with E-state index in [0.717, 1.165) is 19.3 Å². The van der Waals surface area contributed by atoms with Crippen LogP contribution in [0.25, 0.3) is 0 Å². The second kappa shape index (κ2) is 19.7. The lowest BCUT2D eigenvalue weighted by Gasteiger charge is -2.13. The Kier molecular flexibility index (Phi) is 19.7. The van der Waals surface area contributed by atoms with Crippen molar-refractivity contribution in [3.05, 3.63) is 0 Å². The third-order valence-electron chi connectivity index (χ3n) is 5.41.